The first-order chi connectivity index (χ1) is 9.93. The van der Waals surface area contributed by atoms with E-state index in [0.717, 1.165) is 26.1 Å². The SMILES string of the molecule is c1ccc2c(CNCCCn3ccnc3)cccc2c1. The van der Waals surface area contributed by atoms with Crippen molar-refractivity contribution in [3.05, 3.63) is 66.7 Å². The molecule has 20 heavy (non-hydrogen) atoms. The van der Waals surface area contributed by atoms with Gasteiger partial charge in [0.05, 0.1) is 6.33 Å². The molecule has 1 aromatic heterocycles. The van der Waals surface area contributed by atoms with Gasteiger partial charge < -0.3 is 9.88 Å². The lowest BCUT2D eigenvalue weighted by molar-refractivity contribution is 0.581. The summed E-state index contributed by atoms with van der Waals surface area (Å²) in [4.78, 5) is 4.05. The predicted octanol–water partition coefficient (Wildman–Crippen LogP) is 3.22. The third kappa shape index (κ3) is 3.06. The average molecular weight is 265 g/mol. The molecule has 0 bridgehead atoms. The smallest absolute Gasteiger partial charge is 0.0945 e. The van der Waals surface area contributed by atoms with Crippen LogP contribution < -0.4 is 5.32 Å². The van der Waals surface area contributed by atoms with Gasteiger partial charge in [0.15, 0.2) is 0 Å². The Balaban J connectivity index is 1.52. The molecule has 3 heteroatoms. The Morgan fingerprint density at radius 3 is 2.85 bits per heavy atom. The summed E-state index contributed by atoms with van der Waals surface area (Å²) in [5.74, 6) is 0. The van der Waals surface area contributed by atoms with Crippen LogP contribution in [0.3, 0.4) is 0 Å². The number of imidazole rings is 1. The minimum absolute atomic E-state index is 0.922. The first-order valence-electron chi connectivity index (χ1n) is 7.06. The van der Waals surface area contributed by atoms with Crippen molar-refractivity contribution in [2.75, 3.05) is 6.54 Å². The molecular formula is C17H19N3. The highest BCUT2D eigenvalue weighted by Crippen LogP contribution is 2.18. The van der Waals surface area contributed by atoms with E-state index in [1.165, 1.54) is 16.3 Å². The highest BCUT2D eigenvalue weighted by Gasteiger charge is 1.99. The van der Waals surface area contributed by atoms with Crippen molar-refractivity contribution in [1.29, 1.82) is 0 Å². The van der Waals surface area contributed by atoms with Gasteiger partial charge in [0.2, 0.25) is 0 Å². The quantitative estimate of drug-likeness (QED) is 0.694. The number of nitrogens with one attached hydrogen (secondary N) is 1. The van der Waals surface area contributed by atoms with Gasteiger partial charge in [-0.2, -0.15) is 0 Å². The first-order valence-corrected chi connectivity index (χ1v) is 7.06. The summed E-state index contributed by atoms with van der Waals surface area (Å²) >= 11 is 0. The molecule has 0 saturated carbocycles. The van der Waals surface area contributed by atoms with Crippen molar-refractivity contribution in [2.45, 2.75) is 19.5 Å². The largest absolute Gasteiger partial charge is 0.337 e. The number of hydrogen-bond donors (Lipinski definition) is 1. The van der Waals surface area contributed by atoms with Crippen molar-refractivity contribution in [3.8, 4) is 0 Å². The summed E-state index contributed by atoms with van der Waals surface area (Å²) in [5, 5.41) is 6.18. The molecule has 3 aromatic rings. The Labute approximate surface area is 119 Å². The summed E-state index contributed by atoms with van der Waals surface area (Å²) in [5.41, 5.74) is 1.37. The number of aryl methyl sites for hydroxylation is 1. The molecule has 0 amide bonds. The lowest BCUT2D eigenvalue weighted by Crippen LogP contribution is -2.16. The summed E-state index contributed by atoms with van der Waals surface area (Å²) < 4.78 is 2.11. The summed E-state index contributed by atoms with van der Waals surface area (Å²) in [6, 6.07) is 15.0. The Hall–Kier alpha value is -2.13. The van der Waals surface area contributed by atoms with Gasteiger partial charge in [-0.05, 0) is 29.3 Å². The summed E-state index contributed by atoms with van der Waals surface area (Å²) in [6.45, 7) is 2.95. The van der Waals surface area contributed by atoms with E-state index in [-0.39, 0.29) is 0 Å². The molecule has 3 nitrogen and oxygen atoms in total. The van der Waals surface area contributed by atoms with E-state index in [9.17, 15) is 0 Å². The monoisotopic (exact) mass is 265 g/mol. The molecule has 0 fully saturated rings. The maximum Gasteiger partial charge on any atom is 0.0945 e. The van der Waals surface area contributed by atoms with Gasteiger partial charge in [-0.3, -0.25) is 0 Å². The minimum atomic E-state index is 0.922. The normalized spacial score (nSPS) is 11.0. The van der Waals surface area contributed by atoms with Gasteiger partial charge in [0.25, 0.3) is 0 Å². The van der Waals surface area contributed by atoms with Crippen LogP contribution in [0.2, 0.25) is 0 Å². The zero-order valence-corrected chi connectivity index (χ0v) is 11.5. The molecule has 1 heterocycles. The number of aromatic nitrogens is 2. The lowest BCUT2D eigenvalue weighted by atomic mass is 10.0. The number of fused-ring (bicyclic) bond motifs is 1. The molecule has 102 valence electrons. The van der Waals surface area contributed by atoms with E-state index in [0.29, 0.717) is 0 Å². The second-order valence-electron chi connectivity index (χ2n) is 4.97. The van der Waals surface area contributed by atoms with Crippen molar-refractivity contribution < 1.29 is 0 Å². The predicted molar refractivity (Wildman–Crippen MR) is 82.5 cm³/mol. The van der Waals surface area contributed by atoms with Crippen LogP contribution in [0.15, 0.2) is 61.2 Å². The van der Waals surface area contributed by atoms with Crippen molar-refractivity contribution in [3.63, 3.8) is 0 Å². The Morgan fingerprint density at radius 2 is 1.95 bits per heavy atom. The van der Waals surface area contributed by atoms with Crippen molar-refractivity contribution in [2.24, 2.45) is 0 Å². The zero-order chi connectivity index (χ0) is 13.6. The third-order valence-corrected chi connectivity index (χ3v) is 3.52. The van der Waals surface area contributed by atoms with Gasteiger partial charge in [0.1, 0.15) is 0 Å². The summed E-state index contributed by atoms with van der Waals surface area (Å²) in [6.07, 6.45) is 6.81. The second kappa shape index (κ2) is 6.35. The molecule has 0 unspecified atom stereocenters. The highest BCUT2D eigenvalue weighted by atomic mass is 15.0. The van der Waals surface area contributed by atoms with Crippen LogP contribution in [-0.2, 0) is 13.1 Å². The lowest BCUT2D eigenvalue weighted by Gasteiger charge is -2.08. The number of rotatable bonds is 6. The van der Waals surface area contributed by atoms with Gasteiger partial charge in [-0.1, -0.05) is 42.5 Å². The topological polar surface area (TPSA) is 29.9 Å². The van der Waals surface area contributed by atoms with Crippen LogP contribution >= 0.6 is 0 Å². The number of nitrogens with zero attached hydrogens (tertiary/aromatic N) is 2. The average Bonchev–Trinajstić information content (AvgIpc) is 3.00. The van der Waals surface area contributed by atoms with Crippen molar-refractivity contribution >= 4 is 10.8 Å². The molecule has 1 N–H and O–H groups in total. The molecule has 0 saturated heterocycles. The van der Waals surface area contributed by atoms with Crippen LogP contribution in [0, 0.1) is 0 Å². The fourth-order valence-electron chi connectivity index (χ4n) is 2.48. The van der Waals surface area contributed by atoms with E-state index in [1.54, 1.807) is 0 Å². The Kier molecular flexibility index (Phi) is 4.09. The maximum atomic E-state index is 4.05. The minimum Gasteiger partial charge on any atom is -0.337 e. The fraction of sp³-hybridized carbons (Fsp3) is 0.235. The molecule has 3 rings (SSSR count). The first kappa shape index (κ1) is 12.9. The maximum absolute atomic E-state index is 4.05. The van der Waals surface area contributed by atoms with Crippen LogP contribution in [0.5, 0.6) is 0 Å². The van der Waals surface area contributed by atoms with E-state index in [1.807, 2.05) is 18.7 Å². The van der Waals surface area contributed by atoms with Crippen LogP contribution in [0.1, 0.15) is 12.0 Å². The van der Waals surface area contributed by atoms with Gasteiger partial charge in [0, 0.05) is 25.5 Å². The summed E-state index contributed by atoms with van der Waals surface area (Å²) in [7, 11) is 0. The van der Waals surface area contributed by atoms with Crippen LogP contribution in [0.25, 0.3) is 10.8 Å². The zero-order valence-electron chi connectivity index (χ0n) is 11.5. The molecule has 0 atom stereocenters. The van der Waals surface area contributed by atoms with Crippen LogP contribution in [-0.4, -0.2) is 16.1 Å². The van der Waals surface area contributed by atoms with Gasteiger partial charge in [-0.15, -0.1) is 0 Å². The molecule has 0 aliphatic rings. The van der Waals surface area contributed by atoms with E-state index in [4.69, 9.17) is 0 Å². The third-order valence-electron chi connectivity index (χ3n) is 3.52. The highest BCUT2D eigenvalue weighted by molar-refractivity contribution is 5.85. The van der Waals surface area contributed by atoms with Crippen LogP contribution in [0.4, 0.5) is 0 Å². The number of hydrogen-bond acceptors (Lipinski definition) is 2. The van der Waals surface area contributed by atoms with E-state index >= 15 is 0 Å². The van der Waals surface area contributed by atoms with E-state index in [2.05, 4.69) is 57.3 Å². The molecule has 2 aromatic carbocycles. The Bertz CT molecular complexity index is 654. The number of benzene rings is 2. The van der Waals surface area contributed by atoms with E-state index < -0.39 is 0 Å². The van der Waals surface area contributed by atoms with Gasteiger partial charge in [-0.25, -0.2) is 4.98 Å². The standard InChI is InChI=1S/C17H19N3/c1-2-8-17-15(5-1)6-3-7-16(17)13-18-9-4-11-20-12-10-19-14-20/h1-3,5-8,10,12,14,18H,4,9,11,13H2. The molecule has 0 radical (unpaired) electrons. The fourth-order valence-corrected chi connectivity index (χ4v) is 2.48. The van der Waals surface area contributed by atoms with Gasteiger partial charge >= 0.3 is 0 Å². The molecule has 0 spiro atoms. The second-order valence-corrected chi connectivity index (χ2v) is 4.97. The molecule has 0 aliphatic heterocycles. The Morgan fingerprint density at radius 1 is 1.05 bits per heavy atom. The molecular weight excluding hydrogens is 246 g/mol. The van der Waals surface area contributed by atoms with Crippen molar-refractivity contribution in [1.82, 2.24) is 14.9 Å². The molecule has 0 aliphatic carbocycles.